The van der Waals surface area contributed by atoms with Crippen molar-refractivity contribution in [1.82, 2.24) is 0 Å². The first-order valence-electron chi connectivity index (χ1n) is 7.88. The number of nitrogens with one attached hydrogen (secondary N) is 2. The third kappa shape index (κ3) is 4.18. The van der Waals surface area contributed by atoms with Crippen LogP contribution in [0.3, 0.4) is 0 Å². The second-order valence-corrected chi connectivity index (χ2v) is 5.89. The van der Waals surface area contributed by atoms with Crippen LogP contribution in [0.5, 0.6) is 11.5 Å². The van der Waals surface area contributed by atoms with Gasteiger partial charge in [0.25, 0.3) is 0 Å². The highest BCUT2D eigenvalue weighted by Crippen LogP contribution is 2.34. The average Bonchev–Trinajstić information content (AvgIpc) is 3.10. The first-order chi connectivity index (χ1) is 12.6. The Morgan fingerprint density at radius 3 is 2.77 bits per heavy atom. The molecule has 7 nitrogen and oxygen atoms in total. The zero-order chi connectivity index (χ0) is 18.5. The van der Waals surface area contributed by atoms with Crippen LogP contribution in [0.15, 0.2) is 36.4 Å². The number of fused-ring (bicyclic) bond motifs is 1. The molecule has 0 unspecified atom stereocenters. The number of ether oxygens (including phenoxy) is 3. The number of esters is 1. The Morgan fingerprint density at radius 1 is 1.15 bits per heavy atom. The monoisotopic (exact) mass is 376 g/mol. The minimum absolute atomic E-state index is 0.170. The lowest BCUT2D eigenvalue weighted by atomic mass is 10.2. The molecule has 1 heterocycles. The van der Waals surface area contributed by atoms with E-state index in [-0.39, 0.29) is 19.1 Å². The lowest BCUT2D eigenvalue weighted by Crippen LogP contribution is -2.16. The Labute approximate surface area is 155 Å². The quantitative estimate of drug-likeness (QED) is 0.752. The molecule has 26 heavy (non-hydrogen) atoms. The van der Waals surface area contributed by atoms with Crippen LogP contribution < -0.4 is 20.1 Å². The van der Waals surface area contributed by atoms with Crippen LogP contribution in [0, 0.1) is 0 Å². The second kappa shape index (κ2) is 7.97. The van der Waals surface area contributed by atoms with Crippen molar-refractivity contribution in [1.29, 1.82) is 0 Å². The van der Waals surface area contributed by atoms with Gasteiger partial charge in [-0.2, -0.15) is 0 Å². The number of halogens is 1. The van der Waals surface area contributed by atoms with Crippen LogP contribution in [-0.2, 0) is 9.53 Å². The molecule has 2 aromatic carbocycles. The fourth-order valence-electron chi connectivity index (χ4n) is 2.41. The fourth-order valence-corrected chi connectivity index (χ4v) is 2.60. The van der Waals surface area contributed by atoms with Crippen molar-refractivity contribution in [2.45, 2.75) is 6.42 Å². The van der Waals surface area contributed by atoms with Crippen LogP contribution in [0.25, 0.3) is 0 Å². The van der Waals surface area contributed by atoms with E-state index in [2.05, 4.69) is 15.4 Å². The number of hydrogen-bond acceptors (Lipinski definition) is 6. The average molecular weight is 377 g/mol. The minimum Gasteiger partial charge on any atom is -0.465 e. The zero-order valence-electron chi connectivity index (χ0n) is 14.0. The van der Waals surface area contributed by atoms with Gasteiger partial charge in [-0.15, -0.1) is 0 Å². The molecule has 0 saturated carbocycles. The number of benzene rings is 2. The van der Waals surface area contributed by atoms with Crippen molar-refractivity contribution in [2.24, 2.45) is 0 Å². The molecule has 0 aromatic heterocycles. The lowest BCUT2D eigenvalue weighted by molar-refractivity contribution is -0.115. The fraction of sp³-hybridized carbons (Fsp3) is 0.222. The predicted octanol–water partition coefficient (Wildman–Crippen LogP) is 3.30. The van der Waals surface area contributed by atoms with E-state index in [1.54, 1.807) is 36.4 Å². The van der Waals surface area contributed by atoms with E-state index < -0.39 is 5.97 Å². The Morgan fingerprint density at radius 2 is 1.96 bits per heavy atom. The van der Waals surface area contributed by atoms with Gasteiger partial charge in [-0.05, 0) is 30.3 Å². The van der Waals surface area contributed by atoms with Crippen molar-refractivity contribution in [3.05, 3.63) is 47.0 Å². The van der Waals surface area contributed by atoms with Gasteiger partial charge in [0.2, 0.25) is 12.7 Å². The molecule has 0 atom stereocenters. The highest BCUT2D eigenvalue weighted by molar-refractivity contribution is 6.33. The first kappa shape index (κ1) is 17.9. The van der Waals surface area contributed by atoms with Gasteiger partial charge in [-0.1, -0.05) is 11.6 Å². The normalized spacial score (nSPS) is 11.8. The van der Waals surface area contributed by atoms with Crippen molar-refractivity contribution < 1.29 is 23.8 Å². The van der Waals surface area contributed by atoms with Crippen molar-refractivity contribution in [2.75, 3.05) is 31.1 Å². The van der Waals surface area contributed by atoms with E-state index in [1.165, 1.54) is 7.11 Å². The number of rotatable bonds is 6. The SMILES string of the molecule is COC(=O)c1ccc(Cl)c(NCCC(=O)Nc2ccc3c(c2)OCO3)c1. The molecular formula is C18H17ClN2O5. The van der Waals surface area contributed by atoms with Gasteiger partial charge in [-0.25, -0.2) is 4.79 Å². The maximum atomic E-state index is 12.1. The number of amides is 1. The standard InChI is InChI=1S/C18H17ClN2O5/c1-24-18(23)11-2-4-13(19)14(8-11)20-7-6-17(22)21-12-3-5-15-16(9-12)26-10-25-15/h2-5,8-9,20H,6-7,10H2,1H3,(H,21,22). The summed E-state index contributed by atoms with van der Waals surface area (Å²) in [7, 11) is 1.31. The van der Waals surface area contributed by atoms with Crippen LogP contribution >= 0.6 is 11.6 Å². The minimum atomic E-state index is -0.453. The maximum Gasteiger partial charge on any atom is 0.337 e. The van der Waals surface area contributed by atoms with Crippen molar-refractivity contribution in [3.63, 3.8) is 0 Å². The molecule has 0 aliphatic carbocycles. The van der Waals surface area contributed by atoms with Gasteiger partial charge in [0.1, 0.15) is 0 Å². The third-order valence-corrected chi connectivity index (χ3v) is 4.04. The van der Waals surface area contributed by atoms with Gasteiger partial charge in [-0.3, -0.25) is 4.79 Å². The molecule has 0 bridgehead atoms. The molecule has 2 aromatic rings. The molecule has 0 radical (unpaired) electrons. The third-order valence-electron chi connectivity index (χ3n) is 3.71. The van der Waals surface area contributed by atoms with Gasteiger partial charge >= 0.3 is 5.97 Å². The number of carbonyl (C=O) groups is 2. The number of hydrogen-bond donors (Lipinski definition) is 2. The molecule has 0 spiro atoms. The largest absolute Gasteiger partial charge is 0.465 e. The number of carbonyl (C=O) groups excluding carboxylic acids is 2. The smallest absolute Gasteiger partial charge is 0.337 e. The van der Waals surface area contributed by atoms with Crippen LogP contribution in [0.4, 0.5) is 11.4 Å². The molecule has 1 amide bonds. The van der Waals surface area contributed by atoms with Crippen LogP contribution in [0.1, 0.15) is 16.8 Å². The molecule has 2 N–H and O–H groups in total. The van der Waals surface area contributed by atoms with Gasteiger partial charge in [0.15, 0.2) is 11.5 Å². The highest BCUT2D eigenvalue weighted by Gasteiger charge is 2.14. The molecule has 1 aliphatic heterocycles. The second-order valence-electron chi connectivity index (χ2n) is 5.48. The lowest BCUT2D eigenvalue weighted by Gasteiger charge is -2.10. The topological polar surface area (TPSA) is 85.9 Å². The Bertz CT molecular complexity index is 840. The molecule has 0 saturated heterocycles. The van der Waals surface area contributed by atoms with Crippen LogP contribution in [-0.4, -0.2) is 32.3 Å². The Hall–Kier alpha value is -2.93. The van der Waals surface area contributed by atoms with Crippen molar-refractivity contribution in [3.8, 4) is 11.5 Å². The zero-order valence-corrected chi connectivity index (χ0v) is 14.8. The van der Waals surface area contributed by atoms with Gasteiger partial charge in [0.05, 0.1) is 23.4 Å². The summed E-state index contributed by atoms with van der Waals surface area (Å²) in [5.41, 5.74) is 1.57. The van der Waals surface area contributed by atoms with Crippen molar-refractivity contribution >= 4 is 34.9 Å². The molecule has 3 rings (SSSR count). The maximum absolute atomic E-state index is 12.1. The number of methoxy groups -OCH3 is 1. The molecule has 1 aliphatic rings. The summed E-state index contributed by atoms with van der Waals surface area (Å²) in [6, 6.07) is 9.96. The summed E-state index contributed by atoms with van der Waals surface area (Å²) in [5, 5.41) is 6.29. The number of anilines is 2. The summed E-state index contributed by atoms with van der Waals surface area (Å²) in [6.07, 6.45) is 0.215. The Kier molecular flexibility index (Phi) is 5.48. The summed E-state index contributed by atoms with van der Waals surface area (Å²) in [4.78, 5) is 23.6. The van der Waals surface area contributed by atoms with E-state index in [4.69, 9.17) is 21.1 Å². The van der Waals surface area contributed by atoms with Gasteiger partial charge in [0, 0.05) is 24.7 Å². The van der Waals surface area contributed by atoms with E-state index in [9.17, 15) is 9.59 Å². The highest BCUT2D eigenvalue weighted by atomic mass is 35.5. The van der Waals surface area contributed by atoms with E-state index >= 15 is 0 Å². The van der Waals surface area contributed by atoms with E-state index in [1.807, 2.05) is 0 Å². The summed E-state index contributed by atoms with van der Waals surface area (Å²) >= 11 is 6.10. The van der Waals surface area contributed by atoms with Crippen LogP contribution in [0.2, 0.25) is 5.02 Å². The van der Waals surface area contributed by atoms with E-state index in [0.717, 1.165) is 0 Å². The molecule has 136 valence electrons. The van der Waals surface area contributed by atoms with E-state index in [0.29, 0.717) is 40.0 Å². The Balaban J connectivity index is 1.53. The molecule has 8 heteroatoms. The van der Waals surface area contributed by atoms with Gasteiger partial charge < -0.3 is 24.8 Å². The summed E-state index contributed by atoms with van der Waals surface area (Å²) in [6.45, 7) is 0.531. The summed E-state index contributed by atoms with van der Waals surface area (Å²) < 4.78 is 15.2. The first-order valence-corrected chi connectivity index (χ1v) is 8.26. The molecule has 0 fully saturated rings. The summed E-state index contributed by atoms with van der Waals surface area (Å²) in [5.74, 6) is 0.638. The predicted molar refractivity (Wildman–Crippen MR) is 97.1 cm³/mol. The molecular weight excluding hydrogens is 360 g/mol.